The van der Waals surface area contributed by atoms with Crippen molar-refractivity contribution in [3.8, 4) is 0 Å². The molecule has 0 saturated heterocycles. The molecule has 0 amide bonds. The second-order valence-corrected chi connectivity index (χ2v) is 6.68. The smallest absolute Gasteiger partial charge is 0.0816 e. The molecule has 17 heavy (non-hydrogen) atoms. The molecule has 1 aromatic heterocycles. The van der Waals surface area contributed by atoms with Crippen molar-refractivity contribution >= 4 is 11.3 Å². The minimum absolute atomic E-state index is 0.00356. The van der Waals surface area contributed by atoms with E-state index in [4.69, 9.17) is 4.74 Å². The van der Waals surface area contributed by atoms with Crippen LogP contribution in [0.15, 0.2) is 12.1 Å². The molecule has 0 aromatic carbocycles. The third-order valence-electron chi connectivity index (χ3n) is 3.32. The number of nitrogens with one attached hydrogen (secondary N) is 1. The van der Waals surface area contributed by atoms with Crippen molar-refractivity contribution in [2.75, 3.05) is 0 Å². The molecular formula is C14H23NOS. The quantitative estimate of drug-likeness (QED) is 0.800. The summed E-state index contributed by atoms with van der Waals surface area (Å²) in [5, 5.41) is 3.54. The average molecular weight is 253 g/mol. The first kappa shape index (κ1) is 13.1. The van der Waals surface area contributed by atoms with Crippen LogP contribution >= 0.6 is 11.3 Å². The topological polar surface area (TPSA) is 21.3 Å². The molecule has 1 aromatic rings. The molecule has 1 saturated carbocycles. The van der Waals surface area contributed by atoms with Gasteiger partial charge < -0.3 is 10.1 Å². The molecule has 2 rings (SSSR count). The molecule has 1 aliphatic rings. The van der Waals surface area contributed by atoms with Gasteiger partial charge >= 0.3 is 0 Å². The summed E-state index contributed by atoms with van der Waals surface area (Å²) in [5.41, 5.74) is -0.00356. The van der Waals surface area contributed by atoms with Gasteiger partial charge in [-0.15, -0.1) is 11.3 Å². The van der Waals surface area contributed by atoms with E-state index in [2.05, 4.69) is 38.2 Å². The van der Waals surface area contributed by atoms with E-state index >= 15 is 0 Å². The third-order valence-corrected chi connectivity index (χ3v) is 4.37. The predicted molar refractivity (Wildman–Crippen MR) is 73.3 cm³/mol. The van der Waals surface area contributed by atoms with Gasteiger partial charge in [0, 0.05) is 22.3 Å². The van der Waals surface area contributed by atoms with Crippen LogP contribution in [0.25, 0.3) is 0 Å². The second-order valence-electron chi connectivity index (χ2n) is 5.43. The zero-order valence-electron chi connectivity index (χ0n) is 11.1. The van der Waals surface area contributed by atoms with Crippen LogP contribution in [0.2, 0.25) is 0 Å². The summed E-state index contributed by atoms with van der Waals surface area (Å²) in [4.78, 5) is 2.75. The van der Waals surface area contributed by atoms with E-state index in [9.17, 15) is 0 Å². The molecule has 0 spiro atoms. The third kappa shape index (κ3) is 4.41. The van der Waals surface area contributed by atoms with Gasteiger partial charge in [-0.2, -0.15) is 0 Å². The Morgan fingerprint density at radius 2 is 2.06 bits per heavy atom. The number of rotatable bonds is 7. The fourth-order valence-electron chi connectivity index (χ4n) is 1.50. The van der Waals surface area contributed by atoms with Gasteiger partial charge in [0.25, 0.3) is 0 Å². The lowest BCUT2D eigenvalue weighted by molar-refractivity contribution is -0.0304. The highest BCUT2D eigenvalue weighted by Gasteiger charge is 2.20. The highest BCUT2D eigenvalue weighted by molar-refractivity contribution is 7.11. The first-order valence-electron chi connectivity index (χ1n) is 6.54. The molecule has 1 aliphatic carbocycles. The van der Waals surface area contributed by atoms with Crippen molar-refractivity contribution in [1.29, 1.82) is 0 Å². The first-order chi connectivity index (χ1) is 8.09. The fourth-order valence-corrected chi connectivity index (χ4v) is 2.38. The van der Waals surface area contributed by atoms with Crippen molar-refractivity contribution in [2.45, 2.75) is 64.8 Å². The van der Waals surface area contributed by atoms with Crippen molar-refractivity contribution in [2.24, 2.45) is 0 Å². The summed E-state index contributed by atoms with van der Waals surface area (Å²) < 4.78 is 5.91. The maximum atomic E-state index is 5.91. The summed E-state index contributed by atoms with van der Waals surface area (Å²) in [5.74, 6) is 0. The zero-order valence-corrected chi connectivity index (χ0v) is 11.9. The summed E-state index contributed by atoms with van der Waals surface area (Å²) in [6.07, 6.45) is 3.76. The Balaban J connectivity index is 1.76. The molecule has 1 fully saturated rings. The summed E-state index contributed by atoms with van der Waals surface area (Å²) in [6, 6.07) is 5.20. The van der Waals surface area contributed by atoms with Crippen LogP contribution in [0.4, 0.5) is 0 Å². The molecule has 0 unspecified atom stereocenters. The van der Waals surface area contributed by atoms with Gasteiger partial charge in [0.2, 0.25) is 0 Å². The van der Waals surface area contributed by atoms with Gasteiger partial charge in [-0.1, -0.05) is 6.92 Å². The first-order valence-corrected chi connectivity index (χ1v) is 7.35. The Hall–Kier alpha value is -0.380. The Morgan fingerprint density at radius 1 is 1.35 bits per heavy atom. The van der Waals surface area contributed by atoms with Gasteiger partial charge in [0.05, 0.1) is 12.2 Å². The molecule has 2 nitrogen and oxygen atoms in total. The summed E-state index contributed by atoms with van der Waals surface area (Å²) in [7, 11) is 0. The SMILES string of the molecule is CCC(C)(C)OCc1ccc(CNC2CC2)s1. The minimum Gasteiger partial charge on any atom is -0.370 e. The molecule has 0 aliphatic heterocycles. The number of hydrogen-bond acceptors (Lipinski definition) is 3. The van der Waals surface area contributed by atoms with E-state index in [1.807, 2.05) is 11.3 Å². The minimum atomic E-state index is -0.00356. The molecule has 0 bridgehead atoms. The predicted octanol–water partition coefficient (Wildman–Crippen LogP) is 3.71. The van der Waals surface area contributed by atoms with E-state index in [1.165, 1.54) is 22.6 Å². The van der Waals surface area contributed by atoms with E-state index in [1.54, 1.807) is 0 Å². The maximum absolute atomic E-state index is 5.91. The van der Waals surface area contributed by atoms with Gasteiger partial charge in [0.15, 0.2) is 0 Å². The largest absolute Gasteiger partial charge is 0.370 e. The summed E-state index contributed by atoms with van der Waals surface area (Å²) in [6.45, 7) is 8.23. The summed E-state index contributed by atoms with van der Waals surface area (Å²) >= 11 is 1.87. The van der Waals surface area contributed by atoms with Gasteiger partial charge in [-0.05, 0) is 45.2 Å². The lowest BCUT2D eigenvalue weighted by atomic mass is 10.1. The van der Waals surface area contributed by atoms with Crippen molar-refractivity contribution in [3.63, 3.8) is 0 Å². The van der Waals surface area contributed by atoms with Crippen molar-refractivity contribution in [1.82, 2.24) is 5.32 Å². The van der Waals surface area contributed by atoms with E-state index in [-0.39, 0.29) is 5.60 Å². The highest BCUT2D eigenvalue weighted by Crippen LogP contribution is 2.23. The van der Waals surface area contributed by atoms with E-state index in [0.29, 0.717) is 0 Å². The number of thiophene rings is 1. The fraction of sp³-hybridized carbons (Fsp3) is 0.714. The molecule has 96 valence electrons. The Bertz CT molecular complexity index is 355. The number of ether oxygens (including phenoxy) is 1. The van der Waals surface area contributed by atoms with Crippen LogP contribution in [0, 0.1) is 0 Å². The monoisotopic (exact) mass is 253 g/mol. The maximum Gasteiger partial charge on any atom is 0.0816 e. The normalized spacial score (nSPS) is 16.4. The van der Waals surface area contributed by atoms with Crippen LogP contribution in [0.5, 0.6) is 0 Å². The van der Waals surface area contributed by atoms with E-state index in [0.717, 1.165) is 25.6 Å². The molecule has 3 heteroatoms. The Morgan fingerprint density at radius 3 is 2.71 bits per heavy atom. The standard InChI is InChI=1S/C14H23NOS/c1-4-14(2,3)16-10-13-8-7-12(17-13)9-15-11-5-6-11/h7-8,11,15H,4-6,9-10H2,1-3H3. The molecule has 0 radical (unpaired) electrons. The van der Waals surface area contributed by atoms with Crippen LogP contribution in [0.1, 0.15) is 49.8 Å². The highest BCUT2D eigenvalue weighted by atomic mass is 32.1. The van der Waals surface area contributed by atoms with Gasteiger partial charge in [0.1, 0.15) is 0 Å². The van der Waals surface area contributed by atoms with Crippen LogP contribution in [-0.4, -0.2) is 11.6 Å². The molecule has 1 N–H and O–H groups in total. The van der Waals surface area contributed by atoms with Crippen molar-refractivity contribution in [3.05, 3.63) is 21.9 Å². The Labute approximate surface area is 108 Å². The van der Waals surface area contributed by atoms with Crippen LogP contribution < -0.4 is 5.32 Å². The van der Waals surface area contributed by atoms with Gasteiger partial charge in [-0.3, -0.25) is 0 Å². The number of hydrogen-bond donors (Lipinski definition) is 1. The molecule has 1 heterocycles. The molecule has 0 atom stereocenters. The van der Waals surface area contributed by atoms with E-state index < -0.39 is 0 Å². The zero-order chi connectivity index (χ0) is 12.3. The van der Waals surface area contributed by atoms with Crippen molar-refractivity contribution < 1.29 is 4.74 Å². The lowest BCUT2D eigenvalue weighted by Gasteiger charge is -2.22. The second kappa shape index (κ2) is 5.51. The van der Waals surface area contributed by atoms with Crippen LogP contribution in [0.3, 0.4) is 0 Å². The molecular weight excluding hydrogens is 230 g/mol. The Kier molecular flexibility index (Phi) is 4.23. The van der Waals surface area contributed by atoms with Gasteiger partial charge in [-0.25, -0.2) is 0 Å². The van der Waals surface area contributed by atoms with Crippen LogP contribution in [-0.2, 0) is 17.9 Å². The average Bonchev–Trinajstić information content (AvgIpc) is 3.03. The lowest BCUT2D eigenvalue weighted by Crippen LogP contribution is -2.22.